The fraction of sp³-hybridized carbons (Fsp3) is 0.917. The van der Waals surface area contributed by atoms with Crippen molar-refractivity contribution >= 4 is 0 Å². The number of rotatable bonds is 3. The third-order valence-electron chi connectivity index (χ3n) is 9.86. The molecule has 8 atom stereocenters. The second-order valence-corrected chi connectivity index (χ2v) is 10.8. The summed E-state index contributed by atoms with van der Waals surface area (Å²) in [6.07, 6.45) is 14.1. The molecule has 2 heteroatoms. The van der Waals surface area contributed by atoms with Crippen molar-refractivity contribution in [3.8, 4) is 0 Å². The van der Waals surface area contributed by atoms with Gasteiger partial charge in [-0.25, -0.2) is 0 Å². The number of hydrogen-bond acceptors (Lipinski definition) is 2. The van der Waals surface area contributed by atoms with Gasteiger partial charge in [-0.15, -0.1) is 0 Å². The normalized spacial score (nSPS) is 49.2. The standard InChI is InChI=1S/C24H41NO/c1-16(25(4)5)20-9-10-21-19-8-7-17-15-18(26-6)11-13-23(17,2)22(19)12-14-24(20,21)3/h7,16,18-22H,8-15H2,1-6H3/t16-,18-,19-,20+,21-,22-,23-,24-/m0/s1. The van der Waals surface area contributed by atoms with E-state index >= 15 is 0 Å². The Morgan fingerprint density at radius 2 is 1.85 bits per heavy atom. The molecule has 148 valence electrons. The van der Waals surface area contributed by atoms with Crippen molar-refractivity contribution in [3.05, 3.63) is 11.6 Å². The van der Waals surface area contributed by atoms with Crippen molar-refractivity contribution in [2.75, 3.05) is 21.2 Å². The van der Waals surface area contributed by atoms with Gasteiger partial charge in [0.2, 0.25) is 0 Å². The van der Waals surface area contributed by atoms with Gasteiger partial charge in [-0.05, 0) is 107 Å². The fourth-order valence-electron chi connectivity index (χ4n) is 8.02. The second kappa shape index (κ2) is 6.62. The van der Waals surface area contributed by atoms with Crippen LogP contribution in [0.4, 0.5) is 0 Å². The van der Waals surface area contributed by atoms with E-state index in [9.17, 15) is 0 Å². The Bertz CT molecular complexity index is 569. The van der Waals surface area contributed by atoms with Gasteiger partial charge in [-0.3, -0.25) is 0 Å². The molecule has 0 unspecified atom stereocenters. The highest BCUT2D eigenvalue weighted by molar-refractivity contribution is 5.25. The molecular formula is C24H41NO. The Morgan fingerprint density at radius 1 is 1.08 bits per heavy atom. The quantitative estimate of drug-likeness (QED) is 0.614. The maximum atomic E-state index is 5.72. The van der Waals surface area contributed by atoms with Crippen molar-refractivity contribution in [1.82, 2.24) is 4.90 Å². The molecule has 0 aromatic carbocycles. The molecule has 4 aliphatic carbocycles. The first kappa shape index (κ1) is 19.0. The Kier molecular flexibility index (Phi) is 4.84. The van der Waals surface area contributed by atoms with Crippen LogP contribution in [0.5, 0.6) is 0 Å². The van der Waals surface area contributed by atoms with Gasteiger partial charge in [-0.2, -0.15) is 0 Å². The van der Waals surface area contributed by atoms with Crippen LogP contribution in [0.25, 0.3) is 0 Å². The maximum Gasteiger partial charge on any atom is 0.0608 e. The lowest BCUT2D eigenvalue weighted by Gasteiger charge is -2.58. The highest BCUT2D eigenvalue weighted by Gasteiger charge is 2.59. The smallest absolute Gasteiger partial charge is 0.0608 e. The fourth-order valence-corrected chi connectivity index (χ4v) is 8.02. The summed E-state index contributed by atoms with van der Waals surface area (Å²) in [5.74, 6) is 3.68. The van der Waals surface area contributed by atoms with Crippen LogP contribution in [-0.4, -0.2) is 38.3 Å². The van der Waals surface area contributed by atoms with Gasteiger partial charge in [0.15, 0.2) is 0 Å². The molecule has 0 aliphatic heterocycles. The Morgan fingerprint density at radius 3 is 2.54 bits per heavy atom. The molecule has 0 radical (unpaired) electrons. The molecule has 26 heavy (non-hydrogen) atoms. The minimum atomic E-state index is 0.463. The number of ether oxygens (including phenoxy) is 1. The zero-order valence-corrected chi connectivity index (χ0v) is 18.1. The first-order chi connectivity index (χ1) is 12.3. The average Bonchev–Trinajstić information content (AvgIpc) is 2.97. The van der Waals surface area contributed by atoms with Crippen LogP contribution in [0.15, 0.2) is 11.6 Å². The van der Waals surface area contributed by atoms with Gasteiger partial charge in [-0.1, -0.05) is 25.5 Å². The highest BCUT2D eigenvalue weighted by atomic mass is 16.5. The molecule has 3 saturated carbocycles. The molecule has 4 rings (SSSR count). The monoisotopic (exact) mass is 359 g/mol. The minimum Gasteiger partial charge on any atom is -0.381 e. The lowest BCUT2D eigenvalue weighted by atomic mass is 9.47. The molecule has 0 spiro atoms. The summed E-state index contributed by atoms with van der Waals surface area (Å²) in [5.41, 5.74) is 2.78. The zero-order valence-electron chi connectivity index (χ0n) is 18.1. The van der Waals surface area contributed by atoms with E-state index in [-0.39, 0.29) is 0 Å². The number of methoxy groups -OCH3 is 1. The van der Waals surface area contributed by atoms with Crippen molar-refractivity contribution in [2.45, 2.75) is 84.3 Å². The van der Waals surface area contributed by atoms with Gasteiger partial charge in [0.1, 0.15) is 0 Å². The van der Waals surface area contributed by atoms with E-state index in [1.54, 1.807) is 5.57 Å². The minimum absolute atomic E-state index is 0.463. The van der Waals surface area contributed by atoms with E-state index < -0.39 is 0 Å². The van der Waals surface area contributed by atoms with Gasteiger partial charge in [0, 0.05) is 13.2 Å². The summed E-state index contributed by atoms with van der Waals surface area (Å²) in [6, 6.07) is 0.712. The van der Waals surface area contributed by atoms with E-state index in [2.05, 4.69) is 45.8 Å². The van der Waals surface area contributed by atoms with Gasteiger partial charge >= 0.3 is 0 Å². The number of allylic oxidation sites excluding steroid dienone is 1. The molecule has 0 aromatic heterocycles. The maximum absolute atomic E-state index is 5.72. The Hall–Kier alpha value is -0.340. The van der Waals surface area contributed by atoms with Crippen LogP contribution in [0.1, 0.15) is 72.1 Å². The lowest BCUT2D eigenvalue weighted by molar-refractivity contribution is -0.0613. The predicted octanol–water partition coefficient (Wildman–Crippen LogP) is 5.53. The third kappa shape index (κ3) is 2.65. The van der Waals surface area contributed by atoms with E-state index in [0.29, 0.717) is 23.0 Å². The molecule has 0 N–H and O–H groups in total. The van der Waals surface area contributed by atoms with Crippen LogP contribution in [0.3, 0.4) is 0 Å². The lowest BCUT2D eigenvalue weighted by Crippen LogP contribution is -2.52. The second-order valence-electron chi connectivity index (χ2n) is 10.8. The molecular weight excluding hydrogens is 318 g/mol. The van der Waals surface area contributed by atoms with Crippen LogP contribution in [-0.2, 0) is 4.74 Å². The van der Waals surface area contributed by atoms with Crippen LogP contribution < -0.4 is 0 Å². The molecule has 0 bridgehead atoms. The van der Waals surface area contributed by atoms with Gasteiger partial charge in [0.25, 0.3) is 0 Å². The Balaban J connectivity index is 1.60. The van der Waals surface area contributed by atoms with Crippen LogP contribution >= 0.6 is 0 Å². The summed E-state index contributed by atoms with van der Waals surface area (Å²) in [7, 11) is 6.45. The van der Waals surface area contributed by atoms with E-state index in [4.69, 9.17) is 4.74 Å². The molecule has 2 nitrogen and oxygen atoms in total. The summed E-state index contributed by atoms with van der Waals surface area (Å²) < 4.78 is 5.72. The first-order valence-electron chi connectivity index (χ1n) is 11.2. The van der Waals surface area contributed by atoms with Crippen LogP contribution in [0.2, 0.25) is 0 Å². The molecule has 3 fully saturated rings. The van der Waals surface area contributed by atoms with E-state index in [0.717, 1.165) is 23.7 Å². The highest BCUT2D eigenvalue weighted by Crippen LogP contribution is 2.66. The third-order valence-corrected chi connectivity index (χ3v) is 9.86. The summed E-state index contributed by atoms with van der Waals surface area (Å²) in [6.45, 7) is 7.74. The SMILES string of the molecule is CO[C@H]1CC[C@@]2(C)C(=CC[C@H]3[C@@H]4CC[C@H]([C@H](C)N(C)C)[C@]4(C)CC[C@@H]32)C1. The largest absolute Gasteiger partial charge is 0.381 e. The molecule has 0 aromatic rings. The van der Waals surface area contributed by atoms with E-state index in [1.807, 2.05) is 7.11 Å². The molecule has 0 heterocycles. The van der Waals surface area contributed by atoms with E-state index in [1.165, 1.54) is 51.4 Å². The van der Waals surface area contributed by atoms with Crippen molar-refractivity contribution in [2.24, 2.45) is 34.5 Å². The topological polar surface area (TPSA) is 12.5 Å². The molecule has 0 saturated heterocycles. The van der Waals surface area contributed by atoms with Crippen molar-refractivity contribution in [1.29, 1.82) is 0 Å². The molecule has 4 aliphatic rings. The Labute approximate surface area is 161 Å². The zero-order chi connectivity index (χ0) is 18.7. The summed E-state index contributed by atoms with van der Waals surface area (Å²) in [4.78, 5) is 2.47. The van der Waals surface area contributed by atoms with Gasteiger partial charge < -0.3 is 9.64 Å². The molecule has 0 amide bonds. The van der Waals surface area contributed by atoms with Crippen molar-refractivity contribution < 1.29 is 4.74 Å². The number of nitrogens with zero attached hydrogens (tertiary/aromatic N) is 1. The average molecular weight is 360 g/mol. The van der Waals surface area contributed by atoms with Crippen LogP contribution in [0, 0.1) is 34.5 Å². The van der Waals surface area contributed by atoms with Gasteiger partial charge in [0.05, 0.1) is 6.10 Å². The summed E-state index contributed by atoms with van der Waals surface area (Å²) >= 11 is 0. The number of hydrogen-bond donors (Lipinski definition) is 0. The first-order valence-corrected chi connectivity index (χ1v) is 11.2. The predicted molar refractivity (Wildman–Crippen MR) is 109 cm³/mol. The number of fused-ring (bicyclic) bond motifs is 5. The van der Waals surface area contributed by atoms with Crippen molar-refractivity contribution in [3.63, 3.8) is 0 Å². The summed E-state index contributed by atoms with van der Waals surface area (Å²) in [5, 5.41) is 0.